The molecule has 0 saturated heterocycles. The molecule has 0 aromatic heterocycles. The maximum absolute atomic E-state index is 2.43. The first-order valence-electron chi connectivity index (χ1n) is 6.42. The van der Waals surface area contributed by atoms with Gasteiger partial charge in [0.05, 0.1) is 0 Å². The van der Waals surface area contributed by atoms with E-state index in [2.05, 4.69) is 106 Å². The fourth-order valence-corrected chi connectivity index (χ4v) is 4.77. The lowest BCUT2D eigenvalue weighted by molar-refractivity contribution is 1.68. The fraction of sp³-hybridized carbons (Fsp3) is 0. The fourth-order valence-electron chi connectivity index (χ4n) is 2.72. The van der Waals surface area contributed by atoms with Gasteiger partial charge in [0.1, 0.15) is 0 Å². The van der Waals surface area contributed by atoms with Crippen LogP contribution in [0.2, 0.25) is 0 Å². The predicted molar refractivity (Wildman–Crippen MR) is 104 cm³/mol. The van der Waals surface area contributed by atoms with Crippen LogP contribution in [-0.4, -0.2) is 0 Å². The standard InChI is InChI=1S/C18H10I2/c19-16-8-15-7-13-5-11-3-1-2-4-12(11)6-14(13)9-17(15)18(20)10-16/h1-10H. The lowest BCUT2D eigenvalue weighted by Crippen LogP contribution is -1.83. The summed E-state index contributed by atoms with van der Waals surface area (Å²) in [5.74, 6) is 0. The van der Waals surface area contributed by atoms with Crippen molar-refractivity contribution in [2.75, 3.05) is 0 Å². The molecule has 0 fully saturated rings. The smallest absolute Gasteiger partial charge is 0.0219 e. The third-order valence-corrected chi connectivity index (χ3v) is 5.20. The summed E-state index contributed by atoms with van der Waals surface area (Å²) in [5, 5.41) is 7.90. The van der Waals surface area contributed by atoms with E-state index in [-0.39, 0.29) is 0 Å². The van der Waals surface area contributed by atoms with Crippen LogP contribution in [0, 0.1) is 7.14 Å². The number of hydrogen-bond donors (Lipinski definition) is 0. The van der Waals surface area contributed by atoms with E-state index >= 15 is 0 Å². The number of fused-ring (bicyclic) bond motifs is 3. The van der Waals surface area contributed by atoms with Gasteiger partial charge in [0.25, 0.3) is 0 Å². The van der Waals surface area contributed by atoms with E-state index in [1.165, 1.54) is 39.5 Å². The second-order valence-corrected chi connectivity index (χ2v) is 7.42. The van der Waals surface area contributed by atoms with Crippen molar-refractivity contribution in [2.45, 2.75) is 0 Å². The molecule has 0 radical (unpaired) electrons. The van der Waals surface area contributed by atoms with Gasteiger partial charge in [-0.15, -0.1) is 0 Å². The number of halogens is 2. The summed E-state index contributed by atoms with van der Waals surface area (Å²) in [5.41, 5.74) is 0. The first-order chi connectivity index (χ1) is 9.70. The van der Waals surface area contributed by atoms with E-state index in [9.17, 15) is 0 Å². The first-order valence-corrected chi connectivity index (χ1v) is 8.58. The predicted octanol–water partition coefficient (Wildman–Crippen LogP) is 6.36. The highest BCUT2D eigenvalue weighted by Gasteiger charge is 2.04. The molecule has 0 amide bonds. The van der Waals surface area contributed by atoms with Crippen molar-refractivity contribution in [2.24, 2.45) is 0 Å². The molecule has 4 aromatic carbocycles. The quantitative estimate of drug-likeness (QED) is 0.203. The van der Waals surface area contributed by atoms with Crippen LogP contribution in [0.3, 0.4) is 0 Å². The van der Waals surface area contributed by atoms with Crippen molar-refractivity contribution < 1.29 is 0 Å². The van der Waals surface area contributed by atoms with Crippen LogP contribution in [0.25, 0.3) is 32.3 Å². The molecule has 96 valence electrons. The molecule has 4 rings (SSSR count). The summed E-state index contributed by atoms with van der Waals surface area (Å²) >= 11 is 4.82. The van der Waals surface area contributed by atoms with Gasteiger partial charge in [0.15, 0.2) is 0 Å². The van der Waals surface area contributed by atoms with E-state index < -0.39 is 0 Å². The van der Waals surface area contributed by atoms with Crippen LogP contribution >= 0.6 is 45.2 Å². The summed E-state index contributed by atoms with van der Waals surface area (Å²) < 4.78 is 2.61. The third kappa shape index (κ3) is 2.09. The Morgan fingerprint density at radius 2 is 1.15 bits per heavy atom. The molecule has 2 heteroatoms. The third-order valence-electron chi connectivity index (χ3n) is 3.69. The Kier molecular flexibility index (Phi) is 3.11. The van der Waals surface area contributed by atoms with E-state index in [1.54, 1.807) is 0 Å². The van der Waals surface area contributed by atoms with Gasteiger partial charge >= 0.3 is 0 Å². The zero-order chi connectivity index (χ0) is 13.7. The summed E-state index contributed by atoms with van der Waals surface area (Å²) in [6, 6.07) is 22.2. The Labute approximate surface area is 144 Å². The molecule has 0 aliphatic rings. The van der Waals surface area contributed by atoms with E-state index in [0.717, 1.165) is 0 Å². The van der Waals surface area contributed by atoms with Gasteiger partial charge in [-0.05, 0) is 114 Å². The molecule has 0 heterocycles. The van der Waals surface area contributed by atoms with Gasteiger partial charge in [-0.2, -0.15) is 0 Å². The highest BCUT2D eigenvalue weighted by Crippen LogP contribution is 2.30. The zero-order valence-corrected chi connectivity index (χ0v) is 14.8. The van der Waals surface area contributed by atoms with Crippen LogP contribution in [0.1, 0.15) is 0 Å². The van der Waals surface area contributed by atoms with Crippen molar-refractivity contribution >= 4 is 77.5 Å². The molecular formula is C18H10I2. The number of hydrogen-bond acceptors (Lipinski definition) is 0. The Balaban J connectivity index is 2.18. The molecule has 0 aliphatic carbocycles. The van der Waals surface area contributed by atoms with Crippen LogP contribution in [0.4, 0.5) is 0 Å². The monoisotopic (exact) mass is 480 g/mol. The molecule has 0 N–H and O–H groups in total. The Hall–Kier alpha value is -0.880. The van der Waals surface area contributed by atoms with Gasteiger partial charge in [-0.3, -0.25) is 0 Å². The topological polar surface area (TPSA) is 0 Å². The summed E-state index contributed by atoms with van der Waals surface area (Å²) in [4.78, 5) is 0. The van der Waals surface area contributed by atoms with Crippen LogP contribution in [-0.2, 0) is 0 Å². The molecular weight excluding hydrogens is 470 g/mol. The van der Waals surface area contributed by atoms with Crippen molar-refractivity contribution in [3.8, 4) is 0 Å². The molecule has 0 unspecified atom stereocenters. The molecule has 0 bridgehead atoms. The van der Waals surface area contributed by atoms with Crippen LogP contribution < -0.4 is 0 Å². The highest BCUT2D eigenvalue weighted by atomic mass is 127. The summed E-state index contributed by atoms with van der Waals surface area (Å²) in [6.45, 7) is 0. The molecule has 0 atom stereocenters. The van der Waals surface area contributed by atoms with E-state index in [4.69, 9.17) is 0 Å². The van der Waals surface area contributed by atoms with Crippen LogP contribution in [0.15, 0.2) is 60.7 Å². The van der Waals surface area contributed by atoms with E-state index in [1.807, 2.05) is 0 Å². The normalized spacial score (nSPS) is 11.5. The van der Waals surface area contributed by atoms with Crippen molar-refractivity contribution in [1.29, 1.82) is 0 Å². The minimum atomic E-state index is 1.29. The van der Waals surface area contributed by atoms with Gasteiger partial charge in [-0.1, -0.05) is 24.3 Å². The van der Waals surface area contributed by atoms with Crippen molar-refractivity contribution in [3.05, 3.63) is 67.8 Å². The molecule has 0 aliphatic heterocycles. The van der Waals surface area contributed by atoms with Crippen LogP contribution in [0.5, 0.6) is 0 Å². The molecule has 0 spiro atoms. The van der Waals surface area contributed by atoms with Crippen molar-refractivity contribution in [1.82, 2.24) is 0 Å². The zero-order valence-electron chi connectivity index (χ0n) is 10.5. The molecule has 0 nitrogen and oxygen atoms in total. The van der Waals surface area contributed by atoms with Crippen molar-refractivity contribution in [3.63, 3.8) is 0 Å². The maximum Gasteiger partial charge on any atom is 0.0219 e. The summed E-state index contributed by atoms with van der Waals surface area (Å²) in [7, 11) is 0. The van der Waals surface area contributed by atoms with Gasteiger partial charge < -0.3 is 0 Å². The van der Waals surface area contributed by atoms with Gasteiger partial charge in [0.2, 0.25) is 0 Å². The maximum atomic E-state index is 2.43. The molecule has 20 heavy (non-hydrogen) atoms. The Bertz CT molecular complexity index is 971. The minimum absolute atomic E-state index is 1.29. The Morgan fingerprint density at radius 1 is 0.550 bits per heavy atom. The second kappa shape index (κ2) is 4.84. The van der Waals surface area contributed by atoms with E-state index in [0.29, 0.717) is 0 Å². The lowest BCUT2D eigenvalue weighted by Gasteiger charge is -2.07. The lowest BCUT2D eigenvalue weighted by atomic mass is 10.00. The SMILES string of the molecule is Ic1cc(I)c2cc3cc4ccccc4cc3cc2c1. The molecule has 4 aromatic rings. The number of rotatable bonds is 0. The average molecular weight is 480 g/mol. The second-order valence-electron chi connectivity index (χ2n) is 5.01. The van der Waals surface area contributed by atoms with Gasteiger partial charge in [0, 0.05) is 7.14 Å². The number of benzene rings is 4. The highest BCUT2D eigenvalue weighted by molar-refractivity contribution is 14.1. The molecule has 0 saturated carbocycles. The largest absolute Gasteiger partial charge is 0.0616 e. The Morgan fingerprint density at radius 3 is 1.85 bits per heavy atom. The van der Waals surface area contributed by atoms with Gasteiger partial charge in [-0.25, -0.2) is 0 Å². The first kappa shape index (κ1) is 12.8. The average Bonchev–Trinajstić information content (AvgIpc) is 2.43. The summed E-state index contributed by atoms with van der Waals surface area (Å²) in [6.07, 6.45) is 0. The minimum Gasteiger partial charge on any atom is -0.0616 e.